The number of likely N-dealkylation sites (tertiary alicyclic amines) is 1. The average molecular weight is 296 g/mol. The van der Waals surface area contributed by atoms with Crippen molar-refractivity contribution in [2.24, 2.45) is 0 Å². The number of hydrogen-bond donors (Lipinski definition) is 0. The topological polar surface area (TPSA) is 47.1 Å². The molecule has 4 heterocycles. The van der Waals surface area contributed by atoms with Gasteiger partial charge in [-0.2, -0.15) is 0 Å². The Morgan fingerprint density at radius 1 is 1.27 bits per heavy atom. The third-order valence-corrected chi connectivity index (χ3v) is 4.42. The van der Waals surface area contributed by atoms with Crippen LogP contribution in [-0.2, 0) is 0 Å². The Balaban J connectivity index is 1.92. The second-order valence-corrected chi connectivity index (χ2v) is 6.09. The van der Waals surface area contributed by atoms with Gasteiger partial charge in [-0.3, -0.25) is 4.90 Å². The lowest BCUT2D eigenvalue weighted by atomic mass is 10.2. The van der Waals surface area contributed by atoms with Crippen LogP contribution in [0, 0.1) is 0 Å². The molecule has 0 saturated carbocycles. The van der Waals surface area contributed by atoms with Crippen LogP contribution in [0.2, 0.25) is 0 Å². The summed E-state index contributed by atoms with van der Waals surface area (Å²) in [6, 6.07) is 8.64. The molecule has 1 atom stereocenters. The van der Waals surface area contributed by atoms with Crippen LogP contribution in [-0.4, -0.2) is 32.0 Å². The normalized spacial score (nSPS) is 19.5. The minimum atomic E-state index is 0.319. The SMILES string of the molecule is CC(C)N1CCCC1c1nc2cccnc2n1-c1ccco1. The average Bonchev–Trinajstić information content (AvgIpc) is 3.24. The Labute approximate surface area is 129 Å². The molecule has 22 heavy (non-hydrogen) atoms. The zero-order valence-electron chi connectivity index (χ0n) is 12.9. The van der Waals surface area contributed by atoms with Gasteiger partial charge in [-0.25, -0.2) is 14.5 Å². The van der Waals surface area contributed by atoms with Crippen molar-refractivity contribution in [1.82, 2.24) is 19.4 Å². The van der Waals surface area contributed by atoms with Crippen molar-refractivity contribution in [3.05, 3.63) is 42.5 Å². The lowest BCUT2D eigenvalue weighted by Crippen LogP contribution is -2.31. The first kappa shape index (κ1) is 13.5. The van der Waals surface area contributed by atoms with Crippen molar-refractivity contribution in [3.8, 4) is 5.88 Å². The summed E-state index contributed by atoms with van der Waals surface area (Å²) in [6.45, 7) is 5.62. The van der Waals surface area contributed by atoms with E-state index in [1.165, 1.54) is 6.42 Å². The smallest absolute Gasteiger partial charge is 0.206 e. The van der Waals surface area contributed by atoms with Crippen LogP contribution in [0.3, 0.4) is 0 Å². The summed E-state index contributed by atoms with van der Waals surface area (Å²) >= 11 is 0. The van der Waals surface area contributed by atoms with Gasteiger partial charge in [0.15, 0.2) is 5.65 Å². The Kier molecular flexibility index (Phi) is 3.22. The Morgan fingerprint density at radius 2 is 2.18 bits per heavy atom. The van der Waals surface area contributed by atoms with E-state index in [0.717, 1.165) is 35.8 Å². The van der Waals surface area contributed by atoms with Gasteiger partial charge >= 0.3 is 0 Å². The van der Waals surface area contributed by atoms with E-state index in [9.17, 15) is 0 Å². The van der Waals surface area contributed by atoms with Gasteiger partial charge in [0.1, 0.15) is 11.3 Å². The maximum atomic E-state index is 5.65. The molecule has 1 aliphatic rings. The molecule has 5 heteroatoms. The highest BCUT2D eigenvalue weighted by Crippen LogP contribution is 2.35. The zero-order valence-corrected chi connectivity index (χ0v) is 12.9. The standard InChI is InChI=1S/C17H20N4O/c1-12(2)20-10-4-7-14(20)17-19-13-6-3-9-18-16(13)21(17)15-8-5-11-22-15/h3,5-6,8-9,11-12,14H,4,7,10H2,1-2H3. The third-order valence-electron chi connectivity index (χ3n) is 4.42. The predicted molar refractivity (Wildman–Crippen MR) is 84.9 cm³/mol. The van der Waals surface area contributed by atoms with Crippen LogP contribution in [0.4, 0.5) is 0 Å². The number of pyridine rings is 1. The van der Waals surface area contributed by atoms with Crippen LogP contribution < -0.4 is 0 Å². The number of rotatable bonds is 3. The molecule has 0 N–H and O–H groups in total. The Hall–Kier alpha value is -2.14. The van der Waals surface area contributed by atoms with Gasteiger partial charge < -0.3 is 4.42 Å². The minimum absolute atomic E-state index is 0.319. The largest absolute Gasteiger partial charge is 0.448 e. The highest BCUT2D eigenvalue weighted by atomic mass is 16.3. The lowest BCUT2D eigenvalue weighted by molar-refractivity contribution is 0.197. The molecule has 5 nitrogen and oxygen atoms in total. The van der Waals surface area contributed by atoms with Crippen LogP contribution in [0.5, 0.6) is 0 Å². The van der Waals surface area contributed by atoms with Crippen LogP contribution in [0.15, 0.2) is 41.1 Å². The van der Waals surface area contributed by atoms with Crippen molar-refractivity contribution in [2.75, 3.05) is 6.54 Å². The molecule has 3 aromatic heterocycles. The molecule has 3 aromatic rings. The van der Waals surface area contributed by atoms with Gasteiger partial charge in [0.25, 0.3) is 0 Å². The molecular weight excluding hydrogens is 276 g/mol. The van der Waals surface area contributed by atoms with Crippen molar-refractivity contribution in [2.45, 2.75) is 38.8 Å². The van der Waals surface area contributed by atoms with E-state index >= 15 is 0 Å². The van der Waals surface area contributed by atoms with Gasteiger partial charge in [-0.1, -0.05) is 0 Å². The van der Waals surface area contributed by atoms with Gasteiger partial charge in [0.2, 0.25) is 5.88 Å². The molecule has 0 aromatic carbocycles. The summed E-state index contributed by atoms with van der Waals surface area (Å²) in [5.41, 5.74) is 1.78. The third kappa shape index (κ3) is 2.04. The molecule has 4 rings (SSSR count). The van der Waals surface area contributed by atoms with Crippen molar-refractivity contribution < 1.29 is 4.42 Å². The van der Waals surface area contributed by atoms with Crippen molar-refractivity contribution in [3.63, 3.8) is 0 Å². The highest BCUT2D eigenvalue weighted by Gasteiger charge is 2.33. The van der Waals surface area contributed by atoms with Gasteiger partial charge in [-0.05, 0) is 51.4 Å². The number of hydrogen-bond acceptors (Lipinski definition) is 4. The first-order valence-corrected chi connectivity index (χ1v) is 7.88. The summed E-state index contributed by atoms with van der Waals surface area (Å²) in [5, 5.41) is 0. The van der Waals surface area contributed by atoms with E-state index in [2.05, 4.69) is 28.3 Å². The van der Waals surface area contributed by atoms with E-state index in [1.807, 2.05) is 30.5 Å². The fourth-order valence-corrected chi connectivity index (χ4v) is 3.45. The van der Waals surface area contributed by atoms with Crippen LogP contribution in [0.25, 0.3) is 17.0 Å². The molecule has 0 spiro atoms. The van der Waals surface area contributed by atoms with E-state index < -0.39 is 0 Å². The van der Waals surface area contributed by atoms with Crippen molar-refractivity contribution >= 4 is 11.2 Å². The van der Waals surface area contributed by atoms with E-state index in [0.29, 0.717) is 12.1 Å². The maximum absolute atomic E-state index is 5.65. The maximum Gasteiger partial charge on any atom is 0.206 e. The monoisotopic (exact) mass is 296 g/mol. The first-order valence-electron chi connectivity index (χ1n) is 7.88. The molecule has 114 valence electrons. The van der Waals surface area contributed by atoms with E-state index in [4.69, 9.17) is 9.40 Å². The van der Waals surface area contributed by atoms with Crippen LogP contribution >= 0.6 is 0 Å². The predicted octanol–water partition coefficient (Wildman–Crippen LogP) is 3.56. The molecule has 0 radical (unpaired) electrons. The second kappa shape index (κ2) is 5.25. The van der Waals surface area contributed by atoms with Gasteiger partial charge in [0.05, 0.1) is 12.3 Å². The number of fused-ring (bicyclic) bond motifs is 1. The molecule has 0 bridgehead atoms. The molecule has 0 amide bonds. The second-order valence-electron chi connectivity index (χ2n) is 6.09. The number of aromatic nitrogens is 3. The highest BCUT2D eigenvalue weighted by molar-refractivity contribution is 5.73. The van der Waals surface area contributed by atoms with Gasteiger partial charge in [-0.15, -0.1) is 0 Å². The van der Waals surface area contributed by atoms with E-state index in [1.54, 1.807) is 6.26 Å². The minimum Gasteiger partial charge on any atom is -0.448 e. The first-order chi connectivity index (χ1) is 10.8. The Morgan fingerprint density at radius 3 is 2.95 bits per heavy atom. The number of imidazole rings is 1. The van der Waals surface area contributed by atoms with Gasteiger partial charge in [0, 0.05) is 18.3 Å². The van der Waals surface area contributed by atoms with Crippen molar-refractivity contribution in [1.29, 1.82) is 0 Å². The summed E-state index contributed by atoms with van der Waals surface area (Å²) in [4.78, 5) is 11.9. The Bertz CT molecular complexity index is 775. The van der Waals surface area contributed by atoms with E-state index in [-0.39, 0.29) is 0 Å². The molecule has 1 unspecified atom stereocenters. The summed E-state index contributed by atoms with van der Waals surface area (Å²) in [7, 11) is 0. The molecule has 1 saturated heterocycles. The molecule has 0 aliphatic carbocycles. The summed E-state index contributed by atoms with van der Waals surface area (Å²) in [6.07, 6.45) is 5.84. The number of furan rings is 1. The summed E-state index contributed by atoms with van der Waals surface area (Å²) < 4.78 is 7.72. The number of nitrogens with zero attached hydrogens (tertiary/aromatic N) is 4. The fraction of sp³-hybridized carbons (Fsp3) is 0.412. The quantitative estimate of drug-likeness (QED) is 0.741. The molecular formula is C17H20N4O. The summed E-state index contributed by atoms with van der Waals surface area (Å²) in [5.74, 6) is 1.82. The van der Waals surface area contributed by atoms with Crippen LogP contribution in [0.1, 0.15) is 38.6 Å². The zero-order chi connectivity index (χ0) is 15.1. The molecule has 1 fully saturated rings. The molecule has 1 aliphatic heterocycles. The lowest BCUT2D eigenvalue weighted by Gasteiger charge is -2.27. The fourth-order valence-electron chi connectivity index (χ4n) is 3.45.